The van der Waals surface area contributed by atoms with Gasteiger partial charge >= 0.3 is 0 Å². The van der Waals surface area contributed by atoms with Crippen molar-refractivity contribution in [3.63, 3.8) is 0 Å². The van der Waals surface area contributed by atoms with Crippen LogP contribution < -0.4 is 11.1 Å². The third-order valence-electron chi connectivity index (χ3n) is 3.69. The molecule has 1 amide bonds. The van der Waals surface area contributed by atoms with Gasteiger partial charge in [0, 0.05) is 28.9 Å². The largest absolute Gasteiger partial charge is 0.386 e. The molecule has 1 heterocycles. The third-order valence-corrected chi connectivity index (χ3v) is 3.94. The molecule has 0 aromatic heterocycles. The lowest BCUT2D eigenvalue weighted by molar-refractivity contribution is 0.102. The van der Waals surface area contributed by atoms with E-state index in [1.807, 2.05) is 36.2 Å². The van der Waals surface area contributed by atoms with Gasteiger partial charge in [-0.25, -0.2) is 4.99 Å². The fourth-order valence-corrected chi connectivity index (χ4v) is 2.59. The molecule has 3 N–H and O–H groups in total. The molecule has 2 aromatic carbocycles. The molecular weight excluding hydrogens is 324 g/mol. The van der Waals surface area contributed by atoms with E-state index in [0.29, 0.717) is 28.7 Å². The summed E-state index contributed by atoms with van der Waals surface area (Å²) in [5.41, 5.74) is 8.91. The Morgan fingerprint density at radius 3 is 2.71 bits per heavy atom. The third kappa shape index (κ3) is 3.58. The summed E-state index contributed by atoms with van der Waals surface area (Å²) in [6, 6.07) is 14.4. The van der Waals surface area contributed by atoms with E-state index in [4.69, 9.17) is 17.3 Å². The van der Waals surface area contributed by atoms with Crippen molar-refractivity contribution in [2.75, 3.05) is 18.9 Å². The first-order valence-corrected chi connectivity index (χ1v) is 7.81. The van der Waals surface area contributed by atoms with Crippen LogP contribution in [0, 0.1) is 0 Å². The minimum absolute atomic E-state index is 0.183. The van der Waals surface area contributed by atoms with Crippen molar-refractivity contribution in [2.45, 2.75) is 0 Å². The monoisotopic (exact) mass is 340 g/mol. The second-order valence-corrected chi connectivity index (χ2v) is 5.97. The van der Waals surface area contributed by atoms with Crippen LogP contribution in [0.4, 0.5) is 5.69 Å². The van der Waals surface area contributed by atoms with E-state index in [1.165, 1.54) is 0 Å². The van der Waals surface area contributed by atoms with E-state index < -0.39 is 0 Å². The van der Waals surface area contributed by atoms with Gasteiger partial charge in [-0.1, -0.05) is 23.7 Å². The van der Waals surface area contributed by atoms with Gasteiger partial charge in [-0.05, 0) is 36.4 Å². The first-order valence-electron chi connectivity index (χ1n) is 7.44. The molecule has 0 bridgehead atoms. The number of likely N-dealkylation sites (N-methyl/N-ethyl adjacent to an activating group) is 1. The van der Waals surface area contributed by atoms with Gasteiger partial charge in [-0.15, -0.1) is 0 Å². The van der Waals surface area contributed by atoms with Gasteiger partial charge in [0.15, 0.2) is 0 Å². The topological polar surface area (TPSA) is 70.7 Å². The van der Waals surface area contributed by atoms with E-state index >= 15 is 0 Å². The Hall–Kier alpha value is -2.79. The van der Waals surface area contributed by atoms with E-state index in [1.54, 1.807) is 30.5 Å². The van der Waals surface area contributed by atoms with E-state index in [9.17, 15) is 4.79 Å². The highest BCUT2D eigenvalue weighted by atomic mass is 35.5. The van der Waals surface area contributed by atoms with Crippen molar-refractivity contribution in [1.29, 1.82) is 0 Å². The molecule has 0 saturated heterocycles. The highest BCUT2D eigenvalue weighted by molar-refractivity contribution is 6.30. The van der Waals surface area contributed by atoms with E-state index in [0.717, 1.165) is 11.3 Å². The summed E-state index contributed by atoms with van der Waals surface area (Å²) in [6.45, 7) is 0.577. The van der Waals surface area contributed by atoms with Gasteiger partial charge in [0.2, 0.25) is 0 Å². The number of halogens is 1. The Balaban J connectivity index is 1.81. The number of carbonyl (C=O) groups excluding carboxylic acids is 1. The molecule has 1 aliphatic heterocycles. The van der Waals surface area contributed by atoms with Crippen LogP contribution in [-0.2, 0) is 0 Å². The quantitative estimate of drug-likeness (QED) is 0.901. The lowest BCUT2D eigenvalue weighted by Gasteiger charge is -2.25. The second-order valence-electron chi connectivity index (χ2n) is 5.53. The maximum Gasteiger partial charge on any atom is 0.255 e. The number of amides is 1. The predicted molar refractivity (Wildman–Crippen MR) is 98.1 cm³/mol. The van der Waals surface area contributed by atoms with Crippen molar-refractivity contribution in [1.82, 2.24) is 4.90 Å². The maximum absolute atomic E-state index is 12.3. The van der Waals surface area contributed by atoms with E-state index in [-0.39, 0.29) is 5.91 Å². The molecule has 24 heavy (non-hydrogen) atoms. The fourth-order valence-electron chi connectivity index (χ4n) is 2.47. The molecule has 1 aliphatic rings. The summed E-state index contributed by atoms with van der Waals surface area (Å²) >= 11 is 5.85. The Morgan fingerprint density at radius 1 is 1.25 bits per heavy atom. The maximum atomic E-state index is 12.3. The number of rotatable bonds is 3. The van der Waals surface area contributed by atoms with Crippen LogP contribution in [0.25, 0.3) is 5.70 Å². The molecule has 0 radical (unpaired) electrons. The van der Waals surface area contributed by atoms with Gasteiger partial charge in [-0.3, -0.25) is 4.79 Å². The standard InChI is InChI=1S/C18H17ClN4O/c1-23-11-17(20)21-10-16(23)13-3-2-4-15(9-13)22-18(24)12-5-7-14(19)8-6-12/h2-10H,11H2,1H3,(H2,20,21)(H,22,24). The SMILES string of the molecule is CN1CC(N)=NC=C1c1cccc(NC(=O)c2ccc(Cl)cc2)c1. The van der Waals surface area contributed by atoms with Gasteiger partial charge in [0.05, 0.1) is 18.4 Å². The number of nitrogens with zero attached hydrogens (tertiary/aromatic N) is 2. The van der Waals surface area contributed by atoms with Crippen LogP contribution >= 0.6 is 11.6 Å². The summed E-state index contributed by atoms with van der Waals surface area (Å²) < 4.78 is 0. The summed E-state index contributed by atoms with van der Waals surface area (Å²) in [6.07, 6.45) is 1.74. The predicted octanol–water partition coefficient (Wildman–Crippen LogP) is 3.19. The number of hydrogen-bond acceptors (Lipinski definition) is 4. The number of amidine groups is 1. The fraction of sp³-hybridized carbons (Fsp3) is 0.111. The number of carbonyl (C=O) groups is 1. The Morgan fingerprint density at radius 2 is 2.00 bits per heavy atom. The number of hydrogen-bond donors (Lipinski definition) is 2. The zero-order valence-corrected chi connectivity index (χ0v) is 13.9. The van der Waals surface area contributed by atoms with E-state index in [2.05, 4.69) is 10.3 Å². The molecule has 6 heteroatoms. The minimum Gasteiger partial charge on any atom is -0.386 e. The van der Waals surface area contributed by atoms with Crippen molar-refractivity contribution < 1.29 is 4.79 Å². The van der Waals surface area contributed by atoms with Crippen LogP contribution in [0.1, 0.15) is 15.9 Å². The Labute approximate surface area is 145 Å². The van der Waals surface area contributed by atoms with Gasteiger partial charge in [0.1, 0.15) is 5.84 Å². The van der Waals surface area contributed by atoms with Crippen LogP contribution in [-0.4, -0.2) is 30.2 Å². The molecule has 0 atom stereocenters. The van der Waals surface area contributed by atoms with Crippen molar-refractivity contribution in [3.05, 3.63) is 70.9 Å². The molecule has 0 aliphatic carbocycles. The number of anilines is 1. The smallest absolute Gasteiger partial charge is 0.255 e. The zero-order chi connectivity index (χ0) is 17.1. The lowest BCUT2D eigenvalue weighted by atomic mass is 10.1. The molecule has 122 valence electrons. The van der Waals surface area contributed by atoms with Crippen LogP contribution in [0.2, 0.25) is 5.02 Å². The molecule has 0 unspecified atom stereocenters. The molecule has 0 spiro atoms. The molecule has 0 saturated carbocycles. The van der Waals surface area contributed by atoms with Crippen LogP contribution in [0.3, 0.4) is 0 Å². The number of benzene rings is 2. The van der Waals surface area contributed by atoms with Crippen molar-refractivity contribution in [3.8, 4) is 0 Å². The summed E-state index contributed by atoms with van der Waals surface area (Å²) in [4.78, 5) is 18.5. The minimum atomic E-state index is -0.183. The Bertz CT molecular complexity index is 827. The second kappa shape index (κ2) is 6.76. The van der Waals surface area contributed by atoms with Gasteiger partial charge < -0.3 is 16.0 Å². The molecule has 5 nitrogen and oxygen atoms in total. The van der Waals surface area contributed by atoms with Gasteiger partial charge in [-0.2, -0.15) is 0 Å². The highest BCUT2D eigenvalue weighted by Crippen LogP contribution is 2.23. The molecular formula is C18H17ClN4O. The zero-order valence-electron chi connectivity index (χ0n) is 13.2. The molecule has 2 aromatic rings. The summed E-state index contributed by atoms with van der Waals surface area (Å²) in [5.74, 6) is 0.394. The number of nitrogens with one attached hydrogen (secondary N) is 1. The first-order chi connectivity index (χ1) is 11.5. The number of aliphatic imine (C=N–C) groups is 1. The highest BCUT2D eigenvalue weighted by Gasteiger charge is 2.14. The summed E-state index contributed by atoms with van der Waals surface area (Å²) in [7, 11) is 1.95. The van der Waals surface area contributed by atoms with Crippen LogP contribution in [0.15, 0.2) is 59.7 Å². The summed E-state index contributed by atoms with van der Waals surface area (Å²) in [5, 5.41) is 3.49. The average Bonchev–Trinajstić information content (AvgIpc) is 2.55. The average molecular weight is 341 g/mol. The van der Waals surface area contributed by atoms with Crippen molar-refractivity contribution >= 4 is 34.7 Å². The lowest BCUT2D eigenvalue weighted by Crippen LogP contribution is -2.32. The normalized spacial score (nSPS) is 14.0. The van der Waals surface area contributed by atoms with Crippen molar-refractivity contribution in [2.24, 2.45) is 10.7 Å². The Kier molecular flexibility index (Phi) is 4.53. The van der Waals surface area contributed by atoms with Gasteiger partial charge in [0.25, 0.3) is 5.91 Å². The first kappa shape index (κ1) is 16.1. The molecule has 3 rings (SSSR count). The molecule has 0 fully saturated rings. The van der Waals surface area contributed by atoms with Crippen LogP contribution in [0.5, 0.6) is 0 Å². The number of nitrogens with two attached hydrogens (primary N) is 1.